The van der Waals surface area contributed by atoms with Crippen molar-refractivity contribution in [2.24, 2.45) is 0 Å². The van der Waals surface area contributed by atoms with Crippen LogP contribution in [0.25, 0.3) is 0 Å². The largest absolute Gasteiger partial charge is 0.360 e. The molecule has 2 aliphatic rings. The molecule has 120 valence electrons. The number of amides is 1. The molecule has 1 aliphatic carbocycles. The van der Waals surface area contributed by atoms with Crippen LogP contribution in [0, 0.1) is 0 Å². The van der Waals surface area contributed by atoms with Gasteiger partial charge in [0.05, 0.1) is 6.04 Å². The number of carbonyl (C=O) groups is 1. The number of rotatable bonds is 2. The number of benzene rings is 1. The van der Waals surface area contributed by atoms with Crippen molar-refractivity contribution in [1.29, 1.82) is 0 Å². The smallest absolute Gasteiger partial charge is 0.276 e. The molecule has 1 aromatic heterocycles. The molecule has 1 aliphatic heterocycles. The van der Waals surface area contributed by atoms with E-state index < -0.39 is 0 Å². The summed E-state index contributed by atoms with van der Waals surface area (Å²) in [6.07, 6.45) is 4.04. The molecule has 23 heavy (non-hydrogen) atoms. The maximum atomic E-state index is 13.1. The Morgan fingerprint density at radius 1 is 1.22 bits per heavy atom. The number of piperazine rings is 1. The van der Waals surface area contributed by atoms with E-state index in [1.807, 2.05) is 23.1 Å². The van der Waals surface area contributed by atoms with Gasteiger partial charge < -0.3 is 14.7 Å². The number of aromatic nitrogens is 1. The summed E-state index contributed by atoms with van der Waals surface area (Å²) in [7, 11) is 0. The summed E-state index contributed by atoms with van der Waals surface area (Å²) in [6.45, 7) is 2.28. The van der Waals surface area contributed by atoms with Gasteiger partial charge in [0.25, 0.3) is 5.91 Å². The SMILES string of the molecule is O=C(c1noc2c1CCCC2)N1CCNC[C@H]1c1ccccc1. The van der Waals surface area contributed by atoms with Crippen LogP contribution in [0.15, 0.2) is 34.9 Å². The first-order chi connectivity index (χ1) is 11.3. The molecule has 4 rings (SSSR count). The van der Waals surface area contributed by atoms with E-state index in [9.17, 15) is 4.79 Å². The van der Waals surface area contributed by atoms with Crippen molar-refractivity contribution in [2.75, 3.05) is 19.6 Å². The van der Waals surface area contributed by atoms with Crippen molar-refractivity contribution in [1.82, 2.24) is 15.4 Å². The fraction of sp³-hybridized carbons (Fsp3) is 0.444. The Balaban J connectivity index is 1.64. The van der Waals surface area contributed by atoms with Crippen LogP contribution in [-0.4, -0.2) is 35.6 Å². The van der Waals surface area contributed by atoms with E-state index in [4.69, 9.17) is 4.52 Å². The minimum absolute atomic E-state index is 0.00672. The van der Waals surface area contributed by atoms with Crippen molar-refractivity contribution < 1.29 is 9.32 Å². The lowest BCUT2D eigenvalue weighted by Crippen LogP contribution is -2.49. The van der Waals surface area contributed by atoms with Gasteiger partial charge in [-0.3, -0.25) is 4.79 Å². The molecule has 1 saturated heterocycles. The second-order valence-electron chi connectivity index (χ2n) is 6.27. The molecular formula is C18H21N3O2. The summed E-state index contributed by atoms with van der Waals surface area (Å²) in [5, 5.41) is 7.50. The van der Waals surface area contributed by atoms with Crippen molar-refractivity contribution in [3.05, 3.63) is 52.9 Å². The van der Waals surface area contributed by atoms with E-state index in [2.05, 4.69) is 22.6 Å². The van der Waals surface area contributed by atoms with Crippen LogP contribution >= 0.6 is 0 Å². The zero-order valence-electron chi connectivity index (χ0n) is 13.1. The minimum Gasteiger partial charge on any atom is -0.360 e. The number of aryl methyl sites for hydroxylation is 1. The van der Waals surface area contributed by atoms with Gasteiger partial charge in [-0.15, -0.1) is 0 Å². The Morgan fingerprint density at radius 2 is 2.04 bits per heavy atom. The molecule has 1 amide bonds. The highest BCUT2D eigenvalue weighted by molar-refractivity contribution is 5.94. The van der Waals surface area contributed by atoms with Gasteiger partial charge in [-0.2, -0.15) is 0 Å². The zero-order chi connectivity index (χ0) is 15.6. The summed E-state index contributed by atoms with van der Waals surface area (Å²) >= 11 is 0. The maximum Gasteiger partial charge on any atom is 0.276 e. The first-order valence-electron chi connectivity index (χ1n) is 8.38. The quantitative estimate of drug-likeness (QED) is 0.925. The zero-order valence-corrected chi connectivity index (χ0v) is 13.1. The van der Waals surface area contributed by atoms with Crippen LogP contribution in [0.3, 0.4) is 0 Å². The predicted molar refractivity (Wildman–Crippen MR) is 86.2 cm³/mol. The molecule has 0 bridgehead atoms. The number of hydrogen-bond donors (Lipinski definition) is 1. The van der Waals surface area contributed by atoms with Gasteiger partial charge in [0, 0.05) is 31.6 Å². The molecule has 0 unspecified atom stereocenters. The molecule has 1 atom stereocenters. The highest BCUT2D eigenvalue weighted by Gasteiger charge is 2.33. The van der Waals surface area contributed by atoms with Crippen molar-refractivity contribution in [2.45, 2.75) is 31.7 Å². The molecule has 1 aromatic carbocycles. The third kappa shape index (κ3) is 2.65. The van der Waals surface area contributed by atoms with Crippen LogP contribution < -0.4 is 5.32 Å². The van der Waals surface area contributed by atoms with Gasteiger partial charge in [0.1, 0.15) is 5.76 Å². The van der Waals surface area contributed by atoms with E-state index in [0.29, 0.717) is 12.2 Å². The standard InChI is InChI=1S/C18H21N3O2/c22-18(17-14-8-4-5-9-16(14)23-20-17)21-11-10-19-12-15(21)13-6-2-1-3-7-13/h1-3,6-7,15,19H,4-5,8-12H2/t15-/m0/s1. The summed E-state index contributed by atoms with van der Waals surface area (Å²) in [4.78, 5) is 15.0. The summed E-state index contributed by atoms with van der Waals surface area (Å²) < 4.78 is 5.43. The number of nitrogens with zero attached hydrogens (tertiary/aromatic N) is 2. The Labute approximate surface area is 135 Å². The van der Waals surface area contributed by atoms with Crippen LogP contribution in [0.4, 0.5) is 0 Å². The lowest BCUT2D eigenvalue weighted by atomic mass is 9.95. The molecule has 2 aromatic rings. The Kier molecular flexibility index (Phi) is 3.87. The number of fused-ring (bicyclic) bond motifs is 1. The van der Waals surface area contributed by atoms with Crippen LogP contribution in [0.1, 0.15) is 46.3 Å². The topological polar surface area (TPSA) is 58.4 Å². The number of nitrogens with one attached hydrogen (secondary N) is 1. The first-order valence-corrected chi connectivity index (χ1v) is 8.38. The minimum atomic E-state index is 0.00672. The summed E-state index contributed by atoms with van der Waals surface area (Å²) in [5.74, 6) is 0.915. The molecule has 0 radical (unpaired) electrons. The molecule has 5 heteroatoms. The molecular weight excluding hydrogens is 290 g/mol. The molecule has 5 nitrogen and oxygen atoms in total. The molecule has 0 spiro atoms. The van der Waals surface area contributed by atoms with Gasteiger partial charge in [-0.25, -0.2) is 0 Å². The fourth-order valence-corrected chi connectivity index (χ4v) is 3.61. The van der Waals surface area contributed by atoms with E-state index in [1.165, 1.54) is 0 Å². The number of hydrogen-bond acceptors (Lipinski definition) is 4. The first kappa shape index (κ1) is 14.5. The third-order valence-corrected chi connectivity index (χ3v) is 4.84. The van der Waals surface area contributed by atoms with Crippen molar-refractivity contribution in [3.63, 3.8) is 0 Å². The highest BCUT2D eigenvalue weighted by atomic mass is 16.5. The average molecular weight is 311 g/mol. The van der Waals surface area contributed by atoms with E-state index in [-0.39, 0.29) is 11.9 Å². The molecule has 1 N–H and O–H groups in total. The monoisotopic (exact) mass is 311 g/mol. The van der Waals surface area contributed by atoms with Crippen molar-refractivity contribution >= 4 is 5.91 Å². The average Bonchev–Trinajstić information content (AvgIpc) is 3.06. The van der Waals surface area contributed by atoms with Crippen LogP contribution in [0.2, 0.25) is 0 Å². The van der Waals surface area contributed by atoms with Crippen LogP contribution in [-0.2, 0) is 12.8 Å². The molecule has 0 saturated carbocycles. The lowest BCUT2D eigenvalue weighted by Gasteiger charge is -2.36. The second kappa shape index (κ2) is 6.16. The predicted octanol–water partition coefficient (Wildman–Crippen LogP) is 2.34. The van der Waals surface area contributed by atoms with Gasteiger partial charge in [0.2, 0.25) is 0 Å². The van der Waals surface area contributed by atoms with E-state index in [1.54, 1.807) is 0 Å². The maximum absolute atomic E-state index is 13.1. The lowest BCUT2D eigenvalue weighted by molar-refractivity contribution is 0.0622. The van der Waals surface area contributed by atoms with Gasteiger partial charge in [-0.1, -0.05) is 35.5 Å². The van der Waals surface area contributed by atoms with Crippen molar-refractivity contribution in [3.8, 4) is 0 Å². The van der Waals surface area contributed by atoms with Gasteiger partial charge in [0.15, 0.2) is 5.69 Å². The summed E-state index contributed by atoms with van der Waals surface area (Å²) in [5.41, 5.74) is 2.72. The fourth-order valence-electron chi connectivity index (χ4n) is 3.61. The van der Waals surface area contributed by atoms with E-state index in [0.717, 1.165) is 55.7 Å². The Hall–Kier alpha value is -2.14. The van der Waals surface area contributed by atoms with Gasteiger partial charge >= 0.3 is 0 Å². The Morgan fingerprint density at radius 3 is 2.91 bits per heavy atom. The third-order valence-electron chi connectivity index (χ3n) is 4.84. The molecule has 1 fully saturated rings. The summed E-state index contributed by atoms with van der Waals surface area (Å²) in [6, 6.07) is 10.2. The highest BCUT2D eigenvalue weighted by Crippen LogP contribution is 2.28. The Bertz CT molecular complexity index is 696. The number of carbonyl (C=O) groups excluding carboxylic acids is 1. The van der Waals surface area contributed by atoms with Crippen LogP contribution in [0.5, 0.6) is 0 Å². The molecule has 2 heterocycles. The van der Waals surface area contributed by atoms with E-state index >= 15 is 0 Å². The second-order valence-corrected chi connectivity index (χ2v) is 6.27. The van der Waals surface area contributed by atoms with Gasteiger partial charge in [-0.05, 0) is 24.8 Å². The normalized spacial score (nSPS) is 21.0.